The van der Waals surface area contributed by atoms with Crippen LogP contribution in [-0.2, 0) is 11.3 Å². The third kappa shape index (κ3) is 6.87. The minimum absolute atomic E-state index is 0. The molecular weight excluding hydrogens is 493 g/mol. The Morgan fingerprint density at radius 2 is 2.07 bits per heavy atom. The average molecular weight is 527 g/mol. The molecule has 1 aromatic heterocycles. The first-order valence-corrected chi connectivity index (χ1v) is 10.4. The van der Waals surface area contributed by atoms with Gasteiger partial charge in [0.15, 0.2) is 5.96 Å². The van der Waals surface area contributed by atoms with Crippen molar-refractivity contribution < 1.29 is 9.47 Å². The lowest BCUT2D eigenvalue weighted by molar-refractivity contribution is 0.146. The number of benzene rings is 1. The van der Waals surface area contributed by atoms with Crippen molar-refractivity contribution in [1.29, 1.82) is 0 Å². The molecule has 2 atom stereocenters. The average Bonchev–Trinajstić information content (AvgIpc) is 3.27. The fourth-order valence-corrected chi connectivity index (χ4v) is 3.62. The highest BCUT2D eigenvalue weighted by Gasteiger charge is 2.28. The third-order valence-electron chi connectivity index (χ3n) is 5.35. The summed E-state index contributed by atoms with van der Waals surface area (Å²) in [5.74, 6) is 2.45. The first kappa shape index (κ1) is 24.5. The van der Waals surface area contributed by atoms with Gasteiger partial charge in [0.1, 0.15) is 12.4 Å². The van der Waals surface area contributed by atoms with Crippen molar-refractivity contribution in [3.63, 3.8) is 0 Å². The molecule has 2 heterocycles. The zero-order valence-electron chi connectivity index (χ0n) is 18.2. The number of likely N-dealkylation sites (tertiary alicyclic amines) is 1. The summed E-state index contributed by atoms with van der Waals surface area (Å²) in [5, 5.41) is 3.46. The standard InChI is InChI=1S/C22H33N5O2.HI/c1-4-24-22(25-15-19-5-7-20(8-6-19)29-14-13-28-3)26-11-9-18(2)21(16-26)27-12-10-23-17-27;/h5-8,10,12,17-18,21H,4,9,11,13-16H2,1-3H3,(H,24,25);1H. The monoisotopic (exact) mass is 527 g/mol. The molecule has 1 aromatic carbocycles. The molecule has 0 radical (unpaired) electrons. The van der Waals surface area contributed by atoms with Gasteiger partial charge in [0.25, 0.3) is 0 Å². The molecule has 0 amide bonds. The quantitative estimate of drug-likeness (QED) is 0.246. The minimum Gasteiger partial charge on any atom is -0.491 e. The molecule has 1 fully saturated rings. The van der Waals surface area contributed by atoms with Crippen LogP contribution in [0.5, 0.6) is 5.75 Å². The smallest absolute Gasteiger partial charge is 0.194 e. The van der Waals surface area contributed by atoms with Crippen LogP contribution in [0.15, 0.2) is 48.0 Å². The number of aromatic nitrogens is 2. The van der Waals surface area contributed by atoms with Crippen LogP contribution in [0.25, 0.3) is 0 Å². The molecule has 30 heavy (non-hydrogen) atoms. The van der Waals surface area contributed by atoms with Crippen molar-refractivity contribution in [3.8, 4) is 5.75 Å². The van der Waals surface area contributed by atoms with E-state index in [1.54, 1.807) is 7.11 Å². The number of methoxy groups -OCH3 is 1. The summed E-state index contributed by atoms with van der Waals surface area (Å²) in [6, 6.07) is 8.54. The predicted octanol–water partition coefficient (Wildman–Crippen LogP) is 3.57. The molecule has 1 aliphatic rings. The Kier molecular flexibility index (Phi) is 10.4. The number of aliphatic imine (C=N–C) groups is 1. The van der Waals surface area contributed by atoms with Crippen LogP contribution in [0.2, 0.25) is 0 Å². The Labute approximate surface area is 196 Å². The number of nitrogens with one attached hydrogen (secondary N) is 1. The van der Waals surface area contributed by atoms with E-state index in [1.165, 1.54) is 0 Å². The molecular formula is C22H34IN5O2. The number of halogens is 1. The first-order valence-electron chi connectivity index (χ1n) is 10.4. The highest BCUT2D eigenvalue weighted by molar-refractivity contribution is 14.0. The number of rotatable bonds is 8. The Balaban J connectivity index is 0.00000320. The number of ether oxygens (including phenoxy) is 2. The number of piperidine rings is 1. The van der Waals surface area contributed by atoms with Gasteiger partial charge in [-0.15, -0.1) is 24.0 Å². The molecule has 0 aliphatic carbocycles. The molecule has 1 N–H and O–H groups in total. The zero-order valence-corrected chi connectivity index (χ0v) is 20.5. The van der Waals surface area contributed by atoms with Gasteiger partial charge < -0.3 is 24.3 Å². The fourth-order valence-electron chi connectivity index (χ4n) is 3.62. The van der Waals surface area contributed by atoms with Gasteiger partial charge in [-0.2, -0.15) is 0 Å². The topological polar surface area (TPSA) is 63.9 Å². The van der Waals surface area contributed by atoms with E-state index in [-0.39, 0.29) is 24.0 Å². The zero-order chi connectivity index (χ0) is 20.5. The van der Waals surface area contributed by atoms with Crippen LogP contribution >= 0.6 is 24.0 Å². The third-order valence-corrected chi connectivity index (χ3v) is 5.35. The van der Waals surface area contributed by atoms with Crippen molar-refractivity contribution in [1.82, 2.24) is 19.8 Å². The Morgan fingerprint density at radius 3 is 2.73 bits per heavy atom. The van der Waals surface area contributed by atoms with Crippen molar-refractivity contribution in [3.05, 3.63) is 48.5 Å². The van der Waals surface area contributed by atoms with Gasteiger partial charge in [0.05, 0.1) is 25.5 Å². The molecule has 1 saturated heterocycles. The van der Waals surface area contributed by atoms with Crippen molar-refractivity contribution in [2.45, 2.75) is 32.9 Å². The number of guanidine groups is 1. The van der Waals surface area contributed by atoms with Crippen molar-refractivity contribution in [2.24, 2.45) is 10.9 Å². The lowest BCUT2D eigenvalue weighted by atomic mass is 9.93. The molecule has 0 spiro atoms. The second-order valence-corrected chi connectivity index (χ2v) is 7.44. The van der Waals surface area contributed by atoms with E-state index in [0.717, 1.165) is 43.3 Å². The molecule has 3 rings (SSSR count). The maximum Gasteiger partial charge on any atom is 0.194 e. The second-order valence-electron chi connectivity index (χ2n) is 7.44. The van der Waals surface area contributed by atoms with Crippen molar-refractivity contribution >= 4 is 29.9 Å². The lowest BCUT2D eigenvalue weighted by Crippen LogP contribution is -2.49. The van der Waals surface area contributed by atoms with E-state index >= 15 is 0 Å². The Hall–Kier alpha value is -1.81. The van der Waals surface area contributed by atoms with Gasteiger partial charge in [0, 0.05) is 39.1 Å². The number of hydrogen-bond donors (Lipinski definition) is 1. The van der Waals surface area contributed by atoms with Gasteiger partial charge >= 0.3 is 0 Å². The lowest BCUT2D eigenvalue weighted by Gasteiger charge is -2.39. The van der Waals surface area contributed by atoms with Crippen LogP contribution in [0.4, 0.5) is 0 Å². The summed E-state index contributed by atoms with van der Waals surface area (Å²) >= 11 is 0. The summed E-state index contributed by atoms with van der Waals surface area (Å²) in [6.45, 7) is 9.04. The number of imidazole rings is 1. The van der Waals surface area contributed by atoms with Crippen LogP contribution in [-0.4, -0.2) is 60.4 Å². The van der Waals surface area contributed by atoms with E-state index in [1.807, 2.05) is 24.7 Å². The predicted molar refractivity (Wildman–Crippen MR) is 131 cm³/mol. The Bertz CT molecular complexity index is 751. The summed E-state index contributed by atoms with van der Waals surface area (Å²) in [7, 11) is 1.67. The minimum atomic E-state index is 0. The second kappa shape index (κ2) is 12.8. The van der Waals surface area contributed by atoms with E-state index in [2.05, 4.69) is 51.9 Å². The molecule has 8 heteroatoms. The van der Waals surface area contributed by atoms with Crippen molar-refractivity contribution in [2.75, 3.05) is 40.0 Å². The SMILES string of the molecule is CCNC(=NCc1ccc(OCCOC)cc1)N1CCC(C)C(n2ccnc2)C1.I. The first-order chi connectivity index (χ1) is 14.2. The van der Waals surface area contributed by atoms with Gasteiger partial charge in [-0.3, -0.25) is 0 Å². The van der Waals surface area contributed by atoms with E-state index in [9.17, 15) is 0 Å². The molecule has 0 saturated carbocycles. The van der Waals surface area contributed by atoms with E-state index in [0.29, 0.717) is 31.7 Å². The largest absolute Gasteiger partial charge is 0.491 e. The van der Waals surface area contributed by atoms with Gasteiger partial charge in [0.2, 0.25) is 0 Å². The molecule has 0 bridgehead atoms. The summed E-state index contributed by atoms with van der Waals surface area (Å²) in [5.41, 5.74) is 1.16. The normalized spacial score (nSPS) is 19.3. The molecule has 166 valence electrons. The highest BCUT2D eigenvalue weighted by Crippen LogP contribution is 2.27. The fraction of sp³-hybridized carbons (Fsp3) is 0.545. The maximum atomic E-state index is 5.63. The van der Waals surface area contributed by atoms with Crippen LogP contribution in [0.1, 0.15) is 31.9 Å². The van der Waals surface area contributed by atoms with Crippen LogP contribution in [0, 0.1) is 5.92 Å². The molecule has 2 unspecified atom stereocenters. The number of nitrogens with zero attached hydrogens (tertiary/aromatic N) is 4. The molecule has 7 nitrogen and oxygen atoms in total. The van der Waals surface area contributed by atoms with Gasteiger partial charge in [-0.1, -0.05) is 19.1 Å². The summed E-state index contributed by atoms with van der Waals surface area (Å²) in [4.78, 5) is 11.5. The highest BCUT2D eigenvalue weighted by atomic mass is 127. The summed E-state index contributed by atoms with van der Waals surface area (Å²) in [6.07, 6.45) is 6.98. The van der Waals surface area contributed by atoms with Crippen LogP contribution in [0.3, 0.4) is 0 Å². The van der Waals surface area contributed by atoms with Crippen LogP contribution < -0.4 is 10.1 Å². The van der Waals surface area contributed by atoms with Gasteiger partial charge in [-0.05, 0) is 37.0 Å². The van der Waals surface area contributed by atoms with E-state index < -0.39 is 0 Å². The van der Waals surface area contributed by atoms with Gasteiger partial charge in [-0.25, -0.2) is 9.98 Å². The van der Waals surface area contributed by atoms with E-state index in [4.69, 9.17) is 14.5 Å². The maximum absolute atomic E-state index is 5.63. The molecule has 2 aromatic rings. The summed E-state index contributed by atoms with van der Waals surface area (Å²) < 4.78 is 12.9. The number of hydrogen-bond acceptors (Lipinski definition) is 4. The molecule has 1 aliphatic heterocycles. The Morgan fingerprint density at radius 1 is 1.27 bits per heavy atom.